The minimum absolute atomic E-state index is 0.172. The van der Waals surface area contributed by atoms with Gasteiger partial charge >= 0.3 is 0 Å². The molecule has 0 aromatic carbocycles. The zero-order valence-electron chi connectivity index (χ0n) is 13.9. The van der Waals surface area contributed by atoms with Gasteiger partial charge in [0.25, 0.3) is 0 Å². The van der Waals surface area contributed by atoms with Gasteiger partial charge in [0.1, 0.15) is 5.60 Å². The minimum atomic E-state index is -1.07. The first-order valence-electron chi connectivity index (χ1n) is 9.17. The average Bonchev–Trinajstić information content (AvgIpc) is 2.88. The Morgan fingerprint density at radius 1 is 1.30 bits per heavy atom. The lowest BCUT2D eigenvalue weighted by Crippen LogP contribution is -2.54. The molecule has 2 saturated carbocycles. The molecule has 0 aromatic rings. The molecule has 4 aliphatic rings. The van der Waals surface area contributed by atoms with E-state index in [0.29, 0.717) is 35.9 Å². The second-order valence-electron chi connectivity index (χ2n) is 8.04. The van der Waals surface area contributed by atoms with Crippen LogP contribution < -0.4 is 0 Å². The lowest BCUT2D eigenvalue weighted by atomic mass is 9.49. The van der Waals surface area contributed by atoms with Gasteiger partial charge in [0.15, 0.2) is 5.78 Å². The summed E-state index contributed by atoms with van der Waals surface area (Å²) in [5.74, 6) is 5.28. The Kier molecular flexibility index (Phi) is 3.36. The molecule has 23 heavy (non-hydrogen) atoms. The highest BCUT2D eigenvalue weighted by Crippen LogP contribution is 2.63. The van der Waals surface area contributed by atoms with Gasteiger partial charge in [-0.15, -0.1) is 6.42 Å². The van der Waals surface area contributed by atoms with Crippen LogP contribution in [0.2, 0.25) is 0 Å². The topological polar surface area (TPSA) is 37.3 Å². The minimum Gasteiger partial charge on any atom is -0.373 e. The van der Waals surface area contributed by atoms with E-state index in [9.17, 15) is 9.90 Å². The van der Waals surface area contributed by atoms with E-state index in [1.165, 1.54) is 5.57 Å². The van der Waals surface area contributed by atoms with Crippen LogP contribution in [-0.2, 0) is 4.79 Å². The van der Waals surface area contributed by atoms with Crippen LogP contribution in [0.15, 0.2) is 23.8 Å². The highest BCUT2D eigenvalue weighted by molar-refractivity contribution is 5.91. The number of rotatable bonds is 1. The van der Waals surface area contributed by atoms with Gasteiger partial charge in [0.05, 0.1) is 0 Å². The third kappa shape index (κ3) is 1.89. The number of hydrogen-bond acceptors (Lipinski definition) is 2. The maximum atomic E-state index is 11.7. The second kappa shape index (κ2) is 5.08. The molecule has 0 spiro atoms. The van der Waals surface area contributed by atoms with Gasteiger partial charge in [-0.05, 0) is 74.3 Å². The Balaban J connectivity index is 1.69. The second-order valence-corrected chi connectivity index (χ2v) is 8.04. The van der Waals surface area contributed by atoms with Crippen molar-refractivity contribution in [1.82, 2.24) is 0 Å². The summed E-state index contributed by atoms with van der Waals surface area (Å²) in [5, 5.41) is 11.0. The molecule has 2 fully saturated rings. The first-order valence-corrected chi connectivity index (χ1v) is 9.17. The summed E-state index contributed by atoms with van der Waals surface area (Å²) < 4.78 is 0. The van der Waals surface area contributed by atoms with Crippen molar-refractivity contribution in [2.75, 3.05) is 0 Å². The molecule has 0 aliphatic heterocycles. The van der Waals surface area contributed by atoms with Gasteiger partial charge < -0.3 is 5.11 Å². The number of fused-ring (bicyclic) bond motifs is 5. The van der Waals surface area contributed by atoms with Crippen LogP contribution in [0.5, 0.6) is 0 Å². The lowest BCUT2D eigenvalue weighted by Gasteiger charge is -2.55. The number of carbonyl (C=O) groups is 1. The molecular formula is C21H26O2. The molecule has 4 aliphatic carbocycles. The van der Waals surface area contributed by atoms with E-state index in [0.717, 1.165) is 38.5 Å². The van der Waals surface area contributed by atoms with Gasteiger partial charge in [-0.3, -0.25) is 4.79 Å². The zero-order valence-corrected chi connectivity index (χ0v) is 13.9. The van der Waals surface area contributed by atoms with Crippen molar-refractivity contribution in [3.05, 3.63) is 23.8 Å². The van der Waals surface area contributed by atoms with E-state index in [2.05, 4.69) is 18.9 Å². The number of allylic oxidation sites excluding steroid dienone is 3. The van der Waals surface area contributed by atoms with E-state index in [1.807, 2.05) is 12.2 Å². The van der Waals surface area contributed by atoms with E-state index < -0.39 is 5.60 Å². The van der Waals surface area contributed by atoms with Crippen molar-refractivity contribution < 1.29 is 9.90 Å². The smallest absolute Gasteiger partial charge is 0.155 e. The van der Waals surface area contributed by atoms with Crippen molar-refractivity contribution in [3.63, 3.8) is 0 Å². The number of ketones is 1. The van der Waals surface area contributed by atoms with Crippen molar-refractivity contribution in [3.8, 4) is 12.3 Å². The highest BCUT2D eigenvalue weighted by Gasteiger charge is 2.61. The number of terminal acetylenes is 1. The number of carbonyl (C=O) groups excluding carboxylic acids is 1. The molecule has 0 saturated heterocycles. The molecule has 1 N–H and O–H groups in total. The third-order valence-electron chi connectivity index (χ3n) is 7.54. The number of hydrogen-bond donors (Lipinski definition) is 1. The molecule has 0 heterocycles. The van der Waals surface area contributed by atoms with Crippen molar-refractivity contribution in [1.29, 1.82) is 0 Å². The Bertz CT molecular complexity index is 637. The Morgan fingerprint density at radius 3 is 2.87 bits per heavy atom. The van der Waals surface area contributed by atoms with Gasteiger partial charge in [0, 0.05) is 11.8 Å². The number of aliphatic hydroxyl groups is 1. The zero-order chi connectivity index (χ0) is 16.2. The molecule has 0 unspecified atom stereocenters. The van der Waals surface area contributed by atoms with Crippen molar-refractivity contribution >= 4 is 5.78 Å². The predicted octanol–water partition coefficient (Wildman–Crippen LogP) is 3.66. The summed E-state index contributed by atoms with van der Waals surface area (Å²) in [6.07, 6.45) is 18.8. The lowest BCUT2D eigenvalue weighted by molar-refractivity contribution is -0.116. The van der Waals surface area contributed by atoms with Crippen molar-refractivity contribution in [2.24, 2.45) is 29.1 Å². The van der Waals surface area contributed by atoms with Crippen molar-refractivity contribution in [2.45, 2.75) is 57.5 Å². The fourth-order valence-electron chi connectivity index (χ4n) is 6.38. The standard InChI is InChI=1S/C21H26O2/c1-3-20-11-9-17-16-8-6-15(22)13-14(16)5-7-18(17)19(20)10-12-21(20,23)4-2/h2,10,12-13,16-19,23H,3,5-9,11H2,1H3/t16-,17-,18+,19+,20+,21-/m1/s1. The highest BCUT2D eigenvalue weighted by atomic mass is 16.3. The van der Waals surface area contributed by atoms with Crippen LogP contribution in [0.3, 0.4) is 0 Å². The van der Waals surface area contributed by atoms with E-state index in [4.69, 9.17) is 6.42 Å². The fraction of sp³-hybridized carbons (Fsp3) is 0.667. The summed E-state index contributed by atoms with van der Waals surface area (Å²) in [6.45, 7) is 2.18. The molecule has 0 amide bonds. The average molecular weight is 310 g/mol. The van der Waals surface area contributed by atoms with E-state index in [-0.39, 0.29) is 5.41 Å². The van der Waals surface area contributed by atoms with Crippen LogP contribution in [0.1, 0.15) is 51.9 Å². The Labute approximate surface area is 139 Å². The van der Waals surface area contributed by atoms with Gasteiger partial charge in [-0.25, -0.2) is 0 Å². The van der Waals surface area contributed by atoms with Crippen LogP contribution >= 0.6 is 0 Å². The summed E-state index contributed by atoms with van der Waals surface area (Å²) in [7, 11) is 0. The molecule has 4 rings (SSSR count). The molecule has 122 valence electrons. The van der Waals surface area contributed by atoms with Crippen LogP contribution in [0.4, 0.5) is 0 Å². The molecular weight excluding hydrogens is 284 g/mol. The summed E-state index contributed by atoms with van der Waals surface area (Å²) >= 11 is 0. The molecule has 2 nitrogen and oxygen atoms in total. The summed E-state index contributed by atoms with van der Waals surface area (Å²) in [5.41, 5.74) is 0.158. The summed E-state index contributed by atoms with van der Waals surface area (Å²) in [6, 6.07) is 0. The molecule has 6 atom stereocenters. The first-order chi connectivity index (χ1) is 11.0. The quantitative estimate of drug-likeness (QED) is 0.593. The Morgan fingerprint density at radius 2 is 2.13 bits per heavy atom. The van der Waals surface area contributed by atoms with Gasteiger partial charge in [-0.2, -0.15) is 0 Å². The molecule has 0 radical (unpaired) electrons. The third-order valence-corrected chi connectivity index (χ3v) is 7.54. The monoisotopic (exact) mass is 310 g/mol. The van der Waals surface area contributed by atoms with Crippen LogP contribution in [-0.4, -0.2) is 16.5 Å². The molecule has 2 heteroatoms. The fourth-order valence-corrected chi connectivity index (χ4v) is 6.38. The molecule has 0 bridgehead atoms. The molecule has 0 aromatic heterocycles. The summed E-state index contributed by atoms with van der Waals surface area (Å²) in [4.78, 5) is 11.7. The van der Waals surface area contributed by atoms with E-state index >= 15 is 0 Å². The van der Waals surface area contributed by atoms with Gasteiger partial charge in [0.2, 0.25) is 0 Å². The normalized spacial score (nSPS) is 48.0. The SMILES string of the molecule is C#C[C@@]1(O)C=C[C@H]2[C@H]3CCC4=CC(=O)CC[C@H]4[C@H]3CC[C@@]21CC. The van der Waals surface area contributed by atoms with Gasteiger partial charge in [-0.1, -0.05) is 24.5 Å². The van der Waals surface area contributed by atoms with Crippen LogP contribution in [0, 0.1) is 41.4 Å². The Hall–Kier alpha value is -1.33. The van der Waals surface area contributed by atoms with E-state index in [1.54, 1.807) is 0 Å². The maximum Gasteiger partial charge on any atom is 0.155 e. The first kappa shape index (κ1) is 15.2. The van der Waals surface area contributed by atoms with Crippen LogP contribution in [0.25, 0.3) is 0 Å². The predicted molar refractivity (Wildman–Crippen MR) is 90.4 cm³/mol. The maximum absolute atomic E-state index is 11.7. The largest absolute Gasteiger partial charge is 0.373 e.